The quantitative estimate of drug-likeness (QED) is 0.682. The van der Waals surface area contributed by atoms with Crippen LogP contribution in [0.25, 0.3) is 10.2 Å². The van der Waals surface area contributed by atoms with E-state index >= 15 is 0 Å². The van der Waals surface area contributed by atoms with Crippen molar-refractivity contribution in [3.8, 4) is 0 Å². The summed E-state index contributed by atoms with van der Waals surface area (Å²) in [6.07, 6.45) is 2.09. The summed E-state index contributed by atoms with van der Waals surface area (Å²) in [5.74, 6) is 0.949. The molecule has 3 heterocycles. The van der Waals surface area contributed by atoms with Gasteiger partial charge >= 0.3 is 0 Å². The van der Waals surface area contributed by atoms with Crippen LogP contribution in [0.1, 0.15) is 46.4 Å². The first kappa shape index (κ1) is 19.3. The molecule has 29 heavy (non-hydrogen) atoms. The number of carbonyl (C=O) groups is 2. The molecule has 0 saturated heterocycles. The number of benzene rings is 1. The average Bonchev–Trinajstić information content (AvgIpc) is 3.01. The number of nitrogen functional groups attached to an aromatic ring is 1. The highest BCUT2D eigenvalue weighted by Gasteiger charge is 2.24. The predicted octanol–water partition coefficient (Wildman–Crippen LogP) is 3.83. The predicted molar refractivity (Wildman–Crippen MR) is 117 cm³/mol. The van der Waals surface area contributed by atoms with E-state index < -0.39 is 0 Å². The maximum absolute atomic E-state index is 12.9. The van der Waals surface area contributed by atoms with Crippen molar-refractivity contribution in [3.63, 3.8) is 0 Å². The third kappa shape index (κ3) is 3.44. The summed E-state index contributed by atoms with van der Waals surface area (Å²) < 4.78 is 0. The molecule has 0 spiro atoms. The Morgan fingerprint density at radius 1 is 1.28 bits per heavy atom. The Kier molecular flexibility index (Phi) is 4.96. The zero-order chi connectivity index (χ0) is 20.7. The SMILES string of the molecule is CCCN1C(=O)CCc2cc(NC(=O)c3sc4nc(C)nc(N)c4c3C)ccc21. The van der Waals surface area contributed by atoms with Crippen LogP contribution in [-0.2, 0) is 11.2 Å². The molecule has 0 unspecified atom stereocenters. The van der Waals surface area contributed by atoms with E-state index in [4.69, 9.17) is 5.73 Å². The summed E-state index contributed by atoms with van der Waals surface area (Å²) in [6, 6.07) is 5.73. The van der Waals surface area contributed by atoms with E-state index in [1.54, 1.807) is 6.92 Å². The molecule has 150 valence electrons. The molecule has 0 fully saturated rings. The minimum Gasteiger partial charge on any atom is -0.383 e. The van der Waals surface area contributed by atoms with Crippen molar-refractivity contribution in [1.29, 1.82) is 0 Å². The fraction of sp³-hybridized carbons (Fsp3) is 0.333. The highest BCUT2D eigenvalue weighted by Crippen LogP contribution is 2.34. The number of nitrogens with two attached hydrogens (primary N) is 1. The lowest BCUT2D eigenvalue weighted by atomic mass is 10.00. The molecule has 3 N–H and O–H groups in total. The van der Waals surface area contributed by atoms with Crippen LogP contribution in [0.15, 0.2) is 18.2 Å². The number of nitrogens with one attached hydrogen (secondary N) is 1. The van der Waals surface area contributed by atoms with Gasteiger partial charge in [-0.25, -0.2) is 9.97 Å². The number of amides is 2. The molecule has 2 aromatic heterocycles. The monoisotopic (exact) mass is 409 g/mol. The Morgan fingerprint density at radius 3 is 2.83 bits per heavy atom. The lowest BCUT2D eigenvalue weighted by molar-refractivity contribution is -0.118. The molecule has 1 aromatic carbocycles. The molecule has 4 rings (SSSR count). The van der Waals surface area contributed by atoms with Gasteiger partial charge in [0.2, 0.25) is 5.91 Å². The van der Waals surface area contributed by atoms with E-state index in [1.165, 1.54) is 11.3 Å². The van der Waals surface area contributed by atoms with Crippen LogP contribution in [0.3, 0.4) is 0 Å². The smallest absolute Gasteiger partial charge is 0.266 e. The van der Waals surface area contributed by atoms with Gasteiger partial charge in [-0.15, -0.1) is 11.3 Å². The summed E-state index contributed by atoms with van der Waals surface area (Å²) in [5.41, 5.74) is 9.57. The molecule has 1 aliphatic rings. The number of rotatable bonds is 4. The summed E-state index contributed by atoms with van der Waals surface area (Å²) in [5, 5.41) is 3.72. The molecule has 0 radical (unpaired) electrons. The number of nitrogens with zero attached hydrogens (tertiary/aromatic N) is 3. The summed E-state index contributed by atoms with van der Waals surface area (Å²) in [4.78, 5) is 36.9. The van der Waals surface area contributed by atoms with Crippen LogP contribution in [0.5, 0.6) is 0 Å². The molecule has 8 heteroatoms. The van der Waals surface area contributed by atoms with Crippen LogP contribution in [-0.4, -0.2) is 28.3 Å². The van der Waals surface area contributed by atoms with E-state index in [0.717, 1.165) is 33.5 Å². The number of aromatic nitrogens is 2. The van der Waals surface area contributed by atoms with Gasteiger partial charge in [0.1, 0.15) is 16.5 Å². The average molecular weight is 410 g/mol. The van der Waals surface area contributed by atoms with Gasteiger partial charge in [0.05, 0.1) is 10.3 Å². The molecular formula is C21H23N5O2S. The highest BCUT2D eigenvalue weighted by molar-refractivity contribution is 7.20. The van der Waals surface area contributed by atoms with Crippen molar-refractivity contribution in [2.75, 3.05) is 22.5 Å². The first-order valence-electron chi connectivity index (χ1n) is 9.67. The zero-order valence-electron chi connectivity index (χ0n) is 16.7. The van der Waals surface area contributed by atoms with Crippen LogP contribution < -0.4 is 16.0 Å². The molecule has 0 bridgehead atoms. The Bertz CT molecular complexity index is 1140. The molecule has 0 saturated carbocycles. The van der Waals surface area contributed by atoms with Gasteiger partial charge in [0, 0.05) is 24.3 Å². The normalized spacial score (nSPS) is 13.6. The number of anilines is 3. The highest BCUT2D eigenvalue weighted by atomic mass is 32.1. The van der Waals surface area contributed by atoms with E-state index in [-0.39, 0.29) is 11.8 Å². The molecule has 0 atom stereocenters. The van der Waals surface area contributed by atoms with E-state index in [9.17, 15) is 9.59 Å². The van der Waals surface area contributed by atoms with Crippen molar-refractivity contribution in [3.05, 3.63) is 40.0 Å². The first-order chi connectivity index (χ1) is 13.9. The first-order valence-corrected chi connectivity index (χ1v) is 10.5. The van der Waals surface area contributed by atoms with Gasteiger partial charge in [0.25, 0.3) is 5.91 Å². The van der Waals surface area contributed by atoms with Crippen LogP contribution in [0.2, 0.25) is 0 Å². The van der Waals surface area contributed by atoms with Gasteiger partial charge in [-0.05, 0) is 56.0 Å². The van der Waals surface area contributed by atoms with Crippen molar-refractivity contribution < 1.29 is 9.59 Å². The summed E-state index contributed by atoms with van der Waals surface area (Å²) in [6.45, 7) is 6.41. The number of hydrogen-bond donors (Lipinski definition) is 2. The van der Waals surface area contributed by atoms with E-state index in [1.807, 2.05) is 30.0 Å². The van der Waals surface area contributed by atoms with Gasteiger partial charge in [0.15, 0.2) is 0 Å². The number of aryl methyl sites for hydroxylation is 3. The lowest BCUT2D eigenvalue weighted by Crippen LogP contribution is -2.35. The molecule has 2 amide bonds. The fourth-order valence-corrected chi connectivity index (χ4v) is 4.92. The molecular weight excluding hydrogens is 386 g/mol. The Hall–Kier alpha value is -3.00. The van der Waals surface area contributed by atoms with Gasteiger partial charge < -0.3 is 16.0 Å². The number of fused-ring (bicyclic) bond motifs is 2. The topological polar surface area (TPSA) is 101 Å². The molecule has 3 aromatic rings. The van der Waals surface area contributed by atoms with Gasteiger partial charge in [-0.2, -0.15) is 0 Å². The van der Waals surface area contributed by atoms with Crippen LogP contribution >= 0.6 is 11.3 Å². The van der Waals surface area contributed by atoms with Crippen LogP contribution in [0.4, 0.5) is 17.2 Å². The molecule has 7 nitrogen and oxygen atoms in total. The maximum Gasteiger partial charge on any atom is 0.266 e. The number of hydrogen-bond acceptors (Lipinski definition) is 6. The molecule has 1 aliphatic heterocycles. The summed E-state index contributed by atoms with van der Waals surface area (Å²) >= 11 is 1.32. The van der Waals surface area contributed by atoms with Gasteiger partial charge in [-0.3, -0.25) is 9.59 Å². The minimum atomic E-state index is -0.195. The Morgan fingerprint density at radius 2 is 2.07 bits per heavy atom. The number of carbonyl (C=O) groups excluding carboxylic acids is 2. The second kappa shape index (κ2) is 7.44. The number of thiophene rings is 1. The fourth-order valence-electron chi connectivity index (χ4n) is 3.79. The Labute approximate surface area is 173 Å². The van der Waals surface area contributed by atoms with Crippen molar-refractivity contribution in [2.24, 2.45) is 0 Å². The third-order valence-corrected chi connectivity index (χ3v) is 6.31. The second-order valence-corrected chi connectivity index (χ2v) is 8.23. The zero-order valence-corrected chi connectivity index (χ0v) is 17.5. The minimum absolute atomic E-state index is 0.158. The molecule has 0 aliphatic carbocycles. The second-order valence-electron chi connectivity index (χ2n) is 7.24. The maximum atomic E-state index is 12.9. The Balaban J connectivity index is 1.63. The third-order valence-electron chi connectivity index (χ3n) is 5.12. The van der Waals surface area contributed by atoms with Gasteiger partial charge in [-0.1, -0.05) is 6.92 Å². The van der Waals surface area contributed by atoms with Crippen molar-refractivity contribution in [2.45, 2.75) is 40.0 Å². The van der Waals surface area contributed by atoms with Crippen molar-refractivity contribution in [1.82, 2.24) is 9.97 Å². The van der Waals surface area contributed by atoms with Crippen molar-refractivity contribution >= 4 is 50.6 Å². The standard InChI is InChI=1S/C21H23N5O2S/c1-4-9-26-15-7-6-14(10-13(15)5-8-16(26)27)25-20(28)18-11(2)17-19(22)23-12(3)24-21(17)29-18/h6-7,10H,4-5,8-9H2,1-3H3,(H,25,28)(H2,22,23,24). The van der Waals surface area contributed by atoms with Crippen LogP contribution in [0, 0.1) is 13.8 Å². The van der Waals surface area contributed by atoms with E-state index in [2.05, 4.69) is 22.2 Å². The largest absolute Gasteiger partial charge is 0.383 e. The summed E-state index contributed by atoms with van der Waals surface area (Å²) in [7, 11) is 0. The van der Waals surface area contributed by atoms with E-state index in [0.29, 0.717) is 41.6 Å². The lowest BCUT2D eigenvalue weighted by Gasteiger charge is -2.29.